The molecule has 6 nitrogen and oxygen atoms in total. The number of alkyl halides is 2. The van der Waals surface area contributed by atoms with E-state index in [2.05, 4.69) is 0 Å². The predicted molar refractivity (Wildman–Crippen MR) is 77.3 cm³/mol. The maximum absolute atomic E-state index is 12.7. The van der Waals surface area contributed by atoms with Gasteiger partial charge in [-0.2, -0.15) is 4.31 Å². The SMILES string of the molecule is Cc1ccc(S(=O)(=O)N2CCOCC2CC(F)F)cc1C(=O)O. The Bertz CT molecular complexity index is 692. The molecule has 0 amide bonds. The normalized spacial score (nSPS) is 19.9. The highest BCUT2D eigenvalue weighted by Gasteiger charge is 2.36. The average Bonchev–Trinajstić information content (AvgIpc) is 2.47. The molecule has 1 aromatic rings. The van der Waals surface area contributed by atoms with Gasteiger partial charge < -0.3 is 9.84 Å². The Kier molecular flexibility index (Phi) is 5.33. The number of rotatable bonds is 5. The predicted octanol–water partition coefficient (Wildman–Crippen LogP) is 1.74. The lowest BCUT2D eigenvalue weighted by molar-refractivity contribution is 0.00453. The van der Waals surface area contributed by atoms with Crippen molar-refractivity contribution in [2.24, 2.45) is 0 Å². The molecule has 0 bridgehead atoms. The summed E-state index contributed by atoms with van der Waals surface area (Å²) in [4.78, 5) is 10.9. The molecule has 0 saturated carbocycles. The second kappa shape index (κ2) is 6.90. The highest BCUT2D eigenvalue weighted by molar-refractivity contribution is 7.89. The number of carbonyl (C=O) groups is 1. The minimum atomic E-state index is -4.07. The summed E-state index contributed by atoms with van der Waals surface area (Å²) in [5, 5.41) is 9.11. The van der Waals surface area contributed by atoms with Gasteiger partial charge in [-0.25, -0.2) is 22.0 Å². The van der Waals surface area contributed by atoms with Gasteiger partial charge in [0, 0.05) is 13.0 Å². The van der Waals surface area contributed by atoms with Crippen molar-refractivity contribution in [3.8, 4) is 0 Å². The van der Waals surface area contributed by atoms with E-state index in [1.807, 2.05) is 0 Å². The van der Waals surface area contributed by atoms with Gasteiger partial charge in [0.15, 0.2) is 0 Å². The molecule has 128 valence electrons. The van der Waals surface area contributed by atoms with Crippen LogP contribution in [-0.4, -0.2) is 56.0 Å². The van der Waals surface area contributed by atoms with Crippen molar-refractivity contribution in [3.05, 3.63) is 29.3 Å². The van der Waals surface area contributed by atoms with Crippen molar-refractivity contribution in [1.29, 1.82) is 0 Å². The third kappa shape index (κ3) is 3.85. The van der Waals surface area contributed by atoms with Gasteiger partial charge in [0.25, 0.3) is 0 Å². The van der Waals surface area contributed by atoms with Crippen molar-refractivity contribution in [2.75, 3.05) is 19.8 Å². The number of carboxylic acids is 1. The highest BCUT2D eigenvalue weighted by Crippen LogP contribution is 2.25. The standard InChI is InChI=1S/C14H17F2NO5S/c1-9-2-3-11(7-12(9)14(18)19)23(20,21)17-4-5-22-8-10(17)6-13(15)16/h2-3,7,10,13H,4-6,8H2,1H3,(H,18,19). The van der Waals surface area contributed by atoms with Crippen molar-refractivity contribution >= 4 is 16.0 Å². The number of nitrogens with zero attached hydrogens (tertiary/aromatic N) is 1. The lowest BCUT2D eigenvalue weighted by Gasteiger charge is -2.34. The zero-order valence-electron chi connectivity index (χ0n) is 12.4. The number of benzene rings is 1. The first-order valence-corrected chi connectivity index (χ1v) is 8.39. The van der Waals surface area contributed by atoms with Gasteiger partial charge in [-0.1, -0.05) is 6.07 Å². The van der Waals surface area contributed by atoms with Crippen LogP contribution >= 0.6 is 0 Å². The van der Waals surface area contributed by atoms with Crippen LogP contribution < -0.4 is 0 Å². The molecule has 1 aliphatic rings. The summed E-state index contributed by atoms with van der Waals surface area (Å²) in [6.07, 6.45) is -3.29. The van der Waals surface area contributed by atoms with Crippen molar-refractivity contribution < 1.29 is 31.8 Å². The van der Waals surface area contributed by atoms with E-state index >= 15 is 0 Å². The lowest BCUT2D eigenvalue weighted by Crippen LogP contribution is -2.49. The minimum Gasteiger partial charge on any atom is -0.478 e. The van der Waals surface area contributed by atoms with Crippen LogP contribution in [0.25, 0.3) is 0 Å². The summed E-state index contributed by atoms with van der Waals surface area (Å²) in [5.74, 6) is -1.24. The van der Waals surface area contributed by atoms with Crippen molar-refractivity contribution in [2.45, 2.75) is 30.7 Å². The quantitative estimate of drug-likeness (QED) is 0.875. The molecule has 0 radical (unpaired) electrons. The molecule has 1 aromatic carbocycles. The summed E-state index contributed by atoms with van der Waals surface area (Å²) in [6, 6.07) is 2.76. The Morgan fingerprint density at radius 1 is 1.48 bits per heavy atom. The van der Waals surface area contributed by atoms with Crippen LogP contribution in [0.4, 0.5) is 8.78 Å². The molecular weight excluding hydrogens is 332 g/mol. The van der Waals surface area contributed by atoms with E-state index in [1.54, 1.807) is 6.92 Å². The summed E-state index contributed by atoms with van der Waals surface area (Å²) >= 11 is 0. The van der Waals surface area contributed by atoms with Crippen LogP contribution in [0.1, 0.15) is 22.3 Å². The van der Waals surface area contributed by atoms with Gasteiger partial charge in [0.05, 0.1) is 29.7 Å². The first-order valence-electron chi connectivity index (χ1n) is 6.95. The van der Waals surface area contributed by atoms with E-state index in [1.165, 1.54) is 12.1 Å². The van der Waals surface area contributed by atoms with E-state index in [0.717, 1.165) is 10.4 Å². The number of ether oxygens (including phenoxy) is 1. The van der Waals surface area contributed by atoms with Crippen LogP contribution in [0.3, 0.4) is 0 Å². The Balaban J connectivity index is 2.39. The number of carboxylic acid groups (broad SMARTS) is 1. The molecule has 1 fully saturated rings. The fourth-order valence-electron chi connectivity index (χ4n) is 2.47. The number of aryl methyl sites for hydroxylation is 1. The van der Waals surface area contributed by atoms with Crippen molar-refractivity contribution in [1.82, 2.24) is 4.31 Å². The molecule has 23 heavy (non-hydrogen) atoms. The number of hydrogen-bond donors (Lipinski definition) is 1. The van der Waals surface area contributed by atoms with E-state index in [9.17, 15) is 22.0 Å². The van der Waals surface area contributed by atoms with Gasteiger partial charge in [-0.3, -0.25) is 0 Å². The third-order valence-electron chi connectivity index (χ3n) is 3.67. The smallest absolute Gasteiger partial charge is 0.335 e. The van der Waals surface area contributed by atoms with Crippen LogP contribution in [0.15, 0.2) is 23.1 Å². The number of hydrogen-bond acceptors (Lipinski definition) is 4. The van der Waals surface area contributed by atoms with Crippen molar-refractivity contribution in [3.63, 3.8) is 0 Å². The monoisotopic (exact) mass is 349 g/mol. The molecule has 0 spiro atoms. The molecule has 1 atom stereocenters. The van der Waals surface area contributed by atoms with Crippen LogP contribution in [-0.2, 0) is 14.8 Å². The number of halogens is 2. The summed E-state index contributed by atoms with van der Waals surface area (Å²) in [5.41, 5.74) is 0.285. The summed E-state index contributed by atoms with van der Waals surface area (Å²) < 4.78 is 56.8. The summed E-state index contributed by atoms with van der Waals surface area (Å²) in [6.45, 7) is 1.50. The minimum absolute atomic E-state index is 0.0456. The highest BCUT2D eigenvalue weighted by atomic mass is 32.2. The molecule has 0 aromatic heterocycles. The van der Waals surface area contributed by atoms with E-state index in [4.69, 9.17) is 9.84 Å². The fraction of sp³-hybridized carbons (Fsp3) is 0.500. The molecule has 1 unspecified atom stereocenters. The summed E-state index contributed by atoms with van der Waals surface area (Å²) in [7, 11) is -4.07. The Morgan fingerprint density at radius 3 is 2.78 bits per heavy atom. The molecule has 1 saturated heterocycles. The maximum Gasteiger partial charge on any atom is 0.335 e. The first kappa shape index (κ1) is 17.8. The molecule has 1 heterocycles. The lowest BCUT2D eigenvalue weighted by atomic mass is 10.1. The molecular formula is C14H17F2NO5S. The Labute approximate surface area is 132 Å². The molecule has 9 heteroatoms. The fourth-order valence-corrected chi connectivity index (χ4v) is 4.11. The zero-order valence-corrected chi connectivity index (χ0v) is 13.2. The van der Waals surface area contributed by atoms with Gasteiger partial charge in [-0.05, 0) is 24.6 Å². The number of sulfonamides is 1. The van der Waals surface area contributed by atoms with E-state index in [-0.39, 0.29) is 30.2 Å². The van der Waals surface area contributed by atoms with E-state index < -0.39 is 34.9 Å². The van der Waals surface area contributed by atoms with Gasteiger partial charge >= 0.3 is 5.97 Å². The Morgan fingerprint density at radius 2 is 2.17 bits per heavy atom. The first-order chi connectivity index (χ1) is 10.7. The van der Waals surface area contributed by atoms with Crippen LogP contribution in [0, 0.1) is 6.92 Å². The molecule has 2 rings (SSSR count). The zero-order chi connectivity index (χ0) is 17.2. The van der Waals surface area contributed by atoms with Crippen LogP contribution in [0.2, 0.25) is 0 Å². The average molecular weight is 349 g/mol. The maximum atomic E-state index is 12.7. The second-order valence-corrected chi connectivity index (χ2v) is 7.14. The number of morpholine rings is 1. The topological polar surface area (TPSA) is 83.9 Å². The van der Waals surface area contributed by atoms with Gasteiger partial charge in [0.1, 0.15) is 0 Å². The largest absolute Gasteiger partial charge is 0.478 e. The van der Waals surface area contributed by atoms with Crippen LogP contribution in [0.5, 0.6) is 0 Å². The second-order valence-electron chi connectivity index (χ2n) is 5.25. The molecule has 1 N–H and O–H groups in total. The molecule has 0 aliphatic carbocycles. The molecule has 1 aliphatic heterocycles. The van der Waals surface area contributed by atoms with Gasteiger partial charge in [0.2, 0.25) is 16.4 Å². The Hall–Kier alpha value is -1.58. The van der Waals surface area contributed by atoms with Gasteiger partial charge in [-0.15, -0.1) is 0 Å². The van der Waals surface area contributed by atoms with E-state index in [0.29, 0.717) is 5.56 Å². The third-order valence-corrected chi connectivity index (χ3v) is 5.62. The number of aromatic carboxylic acids is 1.